The maximum atomic E-state index is 12.4. The fourth-order valence-corrected chi connectivity index (χ4v) is 2.20. The first-order valence-corrected chi connectivity index (χ1v) is 5.89. The van der Waals surface area contributed by atoms with Crippen LogP contribution in [0.2, 0.25) is 0 Å². The van der Waals surface area contributed by atoms with E-state index in [1.807, 2.05) is 13.8 Å². The van der Waals surface area contributed by atoms with Crippen LogP contribution in [0.4, 0.5) is 13.2 Å². The zero-order valence-corrected chi connectivity index (χ0v) is 9.98. The Labute approximate surface area is 95.2 Å². The number of hydrogen-bond acceptors (Lipinski definition) is 2. The zero-order chi connectivity index (χ0) is 12.2. The summed E-state index contributed by atoms with van der Waals surface area (Å²) in [6.07, 6.45) is -2.02. The Morgan fingerprint density at radius 2 is 2.06 bits per heavy atom. The van der Waals surface area contributed by atoms with Crippen LogP contribution in [0.25, 0.3) is 0 Å². The number of halogens is 3. The Bertz CT molecular complexity index is 198. The van der Waals surface area contributed by atoms with Gasteiger partial charge in [0.2, 0.25) is 0 Å². The highest BCUT2D eigenvalue weighted by Gasteiger charge is 2.32. The van der Waals surface area contributed by atoms with E-state index in [2.05, 4.69) is 5.32 Å². The molecule has 1 N–H and O–H groups in total. The zero-order valence-electron chi connectivity index (χ0n) is 9.98. The van der Waals surface area contributed by atoms with Crippen LogP contribution in [0.1, 0.15) is 26.7 Å². The van der Waals surface area contributed by atoms with Gasteiger partial charge in [-0.15, -0.1) is 0 Å². The normalized spacial score (nSPS) is 22.3. The van der Waals surface area contributed by atoms with E-state index in [1.54, 1.807) is 0 Å². The fraction of sp³-hybridized carbons (Fsp3) is 1.00. The van der Waals surface area contributed by atoms with Gasteiger partial charge in [-0.25, -0.2) is 0 Å². The molecule has 0 spiro atoms. The largest absolute Gasteiger partial charge is 0.401 e. The molecule has 0 aromatic heterocycles. The van der Waals surface area contributed by atoms with Crippen molar-refractivity contribution in [3.8, 4) is 0 Å². The Kier molecular flexibility index (Phi) is 5.05. The van der Waals surface area contributed by atoms with Crippen LogP contribution in [-0.4, -0.2) is 43.3 Å². The topological polar surface area (TPSA) is 15.3 Å². The molecule has 1 aliphatic heterocycles. The molecular weight excluding hydrogens is 217 g/mol. The third kappa shape index (κ3) is 5.70. The fourth-order valence-electron chi connectivity index (χ4n) is 2.20. The molecule has 1 rings (SSSR count). The van der Waals surface area contributed by atoms with Gasteiger partial charge in [-0.1, -0.05) is 13.8 Å². The minimum Gasteiger partial charge on any atom is -0.313 e. The van der Waals surface area contributed by atoms with Crippen molar-refractivity contribution in [3.63, 3.8) is 0 Å². The van der Waals surface area contributed by atoms with E-state index < -0.39 is 12.7 Å². The van der Waals surface area contributed by atoms with Gasteiger partial charge in [-0.3, -0.25) is 4.90 Å². The van der Waals surface area contributed by atoms with E-state index in [9.17, 15) is 13.2 Å². The van der Waals surface area contributed by atoms with Crippen LogP contribution in [-0.2, 0) is 0 Å². The first kappa shape index (κ1) is 13.8. The van der Waals surface area contributed by atoms with E-state index in [0.29, 0.717) is 13.1 Å². The molecule has 1 atom stereocenters. The van der Waals surface area contributed by atoms with Crippen molar-refractivity contribution >= 4 is 0 Å². The van der Waals surface area contributed by atoms with Crippen LogP contribution < -0.4 is 5.32 Å². The van der Waals surface area contributed by atoms with E-state index >= 15 is 0 Å². The molecule has 0 aromatic rings. The van der Waals surface area contributed by atoms with Crippen molar-refractivity contribution in [1.29, 1.82) is 0 Å². The van der Waals surface area contributed by atoms with Crippen molar-refractivity contribution in [2.45, 2.75) is 38.9 Å². The van der Waals surface area contributed by atoms with Crippen LogP contribution in [0.15, 0.2) is 0 Å². The summed E-state index contributed by atoms with van der Waals surface area (Å²) < 4.78 is 37.1. The molecule has 2 nitrogen and oxygen atoms in total. The summed E-state index contributed by atoms with van der Waals surface area (Å²) in [5.74, 6) is 0.267. The van der Waals surface area contributed by atoms with Crippen molar-refractivity contribution in [2.24, 2.45) is 5.92 Å². The van der Waals surface area contributed by atoms with Gasteiger partial charge in [0.25, 0.3) is 0 Å². The van der Waals surface area contributed by atoms with Crippen LogP contribution >= 0.6 is 0 Å². The summed E-state index contributed by atoms with van der Waals surface area (Å²) in [5, 5.41) is 3.24. The van der Waals surface area contributed by atoms with Crippen molar-refractivity contribution < 1.29 is 13.2 Å². The Balaban J connectivity index is 2.42. The first-order chi connectivity index (χ1) is 7.37. The molecule has 1 unspecified atom stereocenters. The number of nitrogens with one attached hydrogen (secondary N) is 1. The summed E-state index contributed by atoms with van der Waals surface area (Å²) in [7, 11) is 0. The first-order valence-electron chi connectivity index (χ1n) is 5.89. The third-order valence-electron chi connectivity index (χ3n) is 2.67. The molecule has 0 bridgehead atoms. The predicted molar refractivity (Wildman–Crippen MR) is 58.4 cm³/mol. The molecule has 0 saturated carbocycles. The predicted octanol–water partition coefficient (Wildman–Crippen LogP) is 2.26. The summed E-state index contributed by atoms with van der Waals surface area (Å²) in [5.41, 5.74) is 0. The van der Waals surface area contributed by atoms with E-state index in [4.69, 9.17) is 0 Å². The quantitative estimate of drug-likeness (QED) is 0.790. The smallest absolute Gasteiger partial charge is 0.313 e. The van der Waals surface area contributed by atoms with Gasteiger partial charge in [0, 0.05) is 19.1 Å². The molecule has 0 amide bonds. The molecular formula is C11H21F3N2. The number of rotatable bonds is 5. The van der Waals surface area contributed by atoms with Gasteiger partial charge >= 0.3 is 6.18 Å². The third-order valence-corrected chi connectivity index (χ3v) is 2.67. The average Bonchev–Trinajstić information content (AvgIpc) is 2.51. The van der Waals surface area contributed by atoms with E-state index in [0.717, 1.165) is 19.4 Å². The number of hydrogen-bond donors (Lipinski definition) is 1. The Morgan fingerprint density at radius 3 is 2.50 bits per heavy atom. The van der Waals surface area contributed by atoms with Gasteiger partial charge in [0.05, 0.1) is 6.54 Å². The van der Waals surface area contributed by atoms with Crippen molar-refractivity contribution in [2.75, 3.05) is 26.2 Å². The average molecular weight is 238 g/mol. The van der Waals surface area contributed by atoms with Crippen molar-refractivity contribution in [1.82, 2.24) is 10.2 Å². The molecule has 16 heavy (non-hydrogen) atoms. The summed E-state index contributed by atoms with van der Waals surface area (Å²) in [4.78, 5) is 1.52. The Hall–Kier alpha value is -0.290. The maximum Gasteiger partial charge on any atom is 0.401 e. The van der Waals surface area contributed by atoms with Crippen LogP contribution in [0, 0.1) is 5.92 Å². The SMILES string of the molecule is CC(C)CN(CC1CCCN1)CC(F)(F)F. The minimum absolute atomic E-state index is 0.237. The minimum atomic E-state index is -4.09. The lowest BCUT2D eigenvalue weighted by molar-refractivity contribution is -0.147. The van der Waals surface area contributed by atoms with E-state index in [1.165, 1.54) is 4.90 Å². The lowest BCUT2D eigenvalue weighted by Crippen LogP contribution is -2.43. The van der Waals surface area contributed by atoms with Gasteiger partial charge in [-0.2, -0.15) is 13.2 Å². The summed E-state index contributed by atoms with van der Waals surface area (Å²) >= 11 is 0. The molecule has 1 aliphatic rings. The number of nitrogens with zero attached hydrogens (tertiary/aromatic N) is 1. The molecule has 5 heteroatoms. The second-order valence-electron chi connectivity index (χ2n) is 5.00. The molecule has 1 heterocycles. The van der Waals surface area contributed by atoms with Gasteiger partial charge in [0.1, 0.15) is 0 Å². The van der Waals surface area contributed by atoms with Gasteiger partial charge < -0.3 is 5.32 Å². The highest BCUT2D eigenvalue weighted by Crippen LogP contribution is 2.18. The van der Waals surface area contributed by atoms with Gasteiger partial charge in [-0.05, 0) is 25.3 Å². The second kappa shape index (κ2) is 5.87. The molecule has 96 valence electrons. The van der Waals surface area contributed by atoms with E-state index in [-0.39, 0.29) is 12.0 Å². The monoisotopic (exact) mass is 238 g/mol. The highest BCUT2D eigenvalue weighted by atomic mass is 19.4. The lowest BCUT2D eigenvalue weighted by atomic mass is 10.1. The lowest BCUT2D eigenvalue weighted by Gasteiger charge is -2.28. The summed E-state index contributed by atoms with van der Waals surface area (Å²) in [6.45, 7) is 5.07. The number of alkyl halides is 3. The summed E-state index contributed by atoms with van der Waals surface area (Å²) in [6, 6.07) is 0.237. The Morgan fingerprint density at radius 1 is 1.38 bits per heavy atom. The highest BCUT2D eigenvalue weighted by molar-refractivity contribution is 4.79. The molecule has 1 fully saturated rings. The molecule has 0 radical (unpaired) electrons. The van der Waals surface area contributed by atoms with Crippen LogP contribution in [0.3, 0.4) is 0 Å². The van der Waals surface area contributed by atoms with Crippen LogP contribution in [0.5, 0.6) is 0 Å². The molecule has 0 aromatic carbocycles. The maximum absolute atomic E-state index is 12.4. The molecule has 1 saturated heterocycles. The van der Waals surface area contributed by atoms with Gasteiger partial charge in [0.15, 0.2) is 0 Å². The standard InChI is InChI=1S/C11H21F3N2/c1-9(2)6-16(8-11(12,13)14)7-10-4-3-5-15-10/h9-10,15H,3-8H2,1-2H3. The second-order valence-corrected chi connectivity index (χ2v) is 5.00. The molecule has 0 aliphatic carbocycles. The van der Waals surface area contributed by atoms with Crippen molar-refractivity contribution in [3.05, 3.63) is 0 Å².